The molecule has 1 aromatic rings. The smallest absolute Gasteiger partial charge is 0.227 e. The quantitative estimate of drug-likeness (QED) is 0.496. The van der Waals surface area contributed by atoms with Crippen LogP contribution in [0.2, 0.25) is 0 Å². The lowest BCUT2D eigenvalue weighted by atomic mass is 9.93. The second kappa shape index (κ2) is 9.49. The maximum atomic E-state index is 12.3. The van der Waals surface area contributed by atoms with E-state index in [1.807, 2.05) is 63.3 Å². The van der Waals surface area contributed by atoms with Gasteiger partial charge in [0.1, 0.15) is 0 Å². The van der Waals surface area contributed by atoms with Crippen molar-refractivity contribution in [3.05, 3.63) is 78.0 Å². The molecular formula is C23H27NO. The molecule has 0 bridgehead atoms. The van der Waals surface area contributed by atoms with Crippen molar-refractivity contribution in [2.75, 3.05) is 7.05 Å². The Labute approximate surface area is 152 Å². The second-order valence-electron chi connectivity index (χ2n) is 6.19. The van der Waals surface area contributed by atoms with Crippen molar-refractivity contribution in [1.82, 2.24) is 4.90 Å². The number of hydrogen-bond acceptors (Lipinski definition) is 1. The fraction of sp³-hybridized carbons (Fsp3) is 0.261. The van der Waals surface area contributed by atoms with E-state index >= 15 is 0 Å². The summed E-state index contributed by atoms with van der Waals surface area (Å²) >= 11 is 0. The van der Waals surface area contributed by atoms with Crippen LogP contribution in [0.5, 0.6) is 0 Å². The van der Waals surface area contributed by atoms with Crippen LogP contribution in [0.1, 0.15) is 38.3 Å². The summed E-state index contributed by atoms with van der Waals surface area (Å²) in [7, 11) is 1.75. The molecule has 0 N–H and O–H groups in total. The van der Waals surface area contributed by atoms with E-state index in [0.29, 0.717) is 6.42 Å². The molecule has 0 saturated heterocycles. The largest absolute Gasteiger partial charge is 0.320 e. The van der Waals surface area contributed by atoms with Crippen LogP contribution in [0, 0.1) is 18.3 Å². The summed E-state index contributed by atoms with van der Waals surface area (Å²) in [6, 6.07) is 7.74. The van der Waals surface area contributed by atoms with Crippen LogP contribution >= 0.6 is 0 Å². The van der Waals surface area contributed by atoms with Crippen molar-refractivity contribution in [1.29, 1.82) is 0 Å². The maximum Gasteiger partial charge on any atom is 0.227 e. The number of hydrogen-bond donors (Lipinski definition) is 0. The fourth-order valence-corrected chi connectivity index (χ4v) is 2.37. The van der Waals surface area contributed by atoms with Gasteiger partial charge in [0.2, 0.25) is 5.91 Å². The average Bonchev–Trinajstić information content (AvgIpc) is 2.60. The number of carbonyl (C=O) groups excluding carboxylic acids is 1. The first kappa shape index (κ1) is 20.3. The molecule has 0 spiro atoms. The van der Waals surface area contributed by atoms with Crippen molar-refractivity contribution in [2.24, 2.45) is 5.92 Å². The standard InChI is InChI=1S/C23H27NO/c1-8-11-21(19(6)15-23(25)24(7)17(3)4)14-18(5)22-13-10-12-20(9-2)16-22/h2,8,10-14,16,19H,3,5,15H2,1,4,6-7H3/b11-8-,21-14+. The molecule has 1 aromatic carbocycles. The average molecular weight is 333 g/mol. The molecule has 0 radical (unpaired) electrons. The topological polar surface area (TPSA) is 20.3 Å². The van der Waals surface area contributed by atoms with E-state index in [1.54, 1.807) is 11.9 Å². The third-order valence-electron chi connectivity index (χ3n) is 4.10. The Balaban J connectivity index is 3.03. The van der Waals surface area contributed by atoms with Gasteiger partial charge in [-0.25, -0.2) is 0 Å². The van der Waals surface area contributed by atoms with Gasteiger partial charge in [0.05, 0.1) is 0 Å². The second-order valence-corrected chi connectivity index (χ2v) is 6.19. The van der Waals surface area contributed by atoms with Crippen molar-refractivity contribution < 1.29 is 4.79 Å². The Morgan fingerprint density at radius 1 is 1.40 bits per heavy atom. The highest BCUT2D eigenvalue weighted by Crippen LogP contribution is 2.24. The lowest BCUT2D eigenvalue weighted by Gasteiger charge is -2.20. The van der Waals surface area contributed by atoms with Gasteiger partial charge in [-0.05, 0) is 48.6 Å². The molecule has 0 aromatic heterocycles. The van der Waals surface area contributed by atoms with E-state index < -0.39 is 0 Å². The van der Waals surface area contributed by atoms with Gasteiger partial charge in [-0.15, -0.1) is 6.42 Å². The minimum atomic E-state index is 0.0512. The predicted molar refractivity (Wildman–Crippen MR) is 108 cm³/mol. The monoisotopic (exact) mass is 333 g/mol. The third kappa shape index (κ3) is 5.97. The van der Waals surface area contributed by atoms with Gasteiger partial charge >= 0.3 is 0 Å². The molecule has 2 heteroatoms. The van der Waals surface area contributed by atoms with Gasteiger partial charge < -0.3 is 4.90 Å². The maximum absolute atomic E-state index is 12.3. The van der Waals surface area contributed by atoms with Gasteiger partial charge in [-0.3, -0.25) is 4.79 Å². The molecule has 1 unspecified atom stereocenters. The van der Waals surface area contributed by atoms with Crippen LogP contribution in [0.25, 0.3) is 5.57 Å². The van der Waals surface area contributed by atoms with Crippen LogP contribution < -0.4 is 0 Å². The molecule has 25 heavy (non-hydrogen) atoms. The Hall–Kier alpha value is -2.79. The lowest BCUT2D eigenvalue weighted by molar-refractivity contribution is -0.128. The van der Waals surface area contributed by atoms with Crippen molar-refractivity contribution in [2.45, 2.75) is 27.2 Å². The van der Waals surface area contributed by atoms with Crippen LogP contribution in [-0.2, 0) is 4.79 Å². The first-order valence-electron chi connectivity index (χ1n) is 8.32. The van der Waals surface area contributed by atoms with Crippen LogP contribution in [0.3, 0.4) is 0 Å². The van der Waals surface area contributed by atoms with Gasteiger partial charge in [-0.2, -0.15) is 0 Å². The molecule has 2 nitrogen and oxygen atoms in total. The van der Waals surface area contributed by atoms with Gasteiger partial charge in [0, 0.05) is 24.7 Å². The predicted octanol–water partition coefficient (Wildman–Crippen LogP) is 5.20. The molecular weight excluding hydrogens is 306 g/mol. The highest BCUT2D eigenvalue weighted by atomic mass is 16.2. The first-order valence-corrected chi connectivity index (χ1v) is 8.32. The van der Waals surface area contributed by atoms with Crippen LogP contribution in [0.15, 0.2) is 66.9 Å². The number of nitrogens with zero attached hydrogens (tertiary/aromatic N) is 1. The number of allylic oxidation sites excluding steroid dienone is 6. The van der Waals surface area contributed by atoms with Gasteiger partial charge in [0.25, 0.3) is 0 Å². The Kier molecular flexibility index (Phi) is 7.69. The molecule has 0 heterocycles. The summed E-state index contributed by atoms with van der Waals surface area (Å²) in [6.45, 7) is 13.8. The Morgan fingerprint density at radius 2 is 2.08 bits per heavy atom. The molecule has 0 aliphatic carbocycles. The first-order chi connectivity index (χ1) is 11.8. The SMILES string of the molecule is C#Cc1cccc(C(=C)/C=C(\C=C/C)C(C)CC(=O)N(C)C(=C)C)c1. The highest BCUT2D eigenvalue weighted by molar-refractivity contribution is 5.79. The third-order valence-corrected chi connectivity index (χ3v) is 4.10. The van der Waals surface area contributed by atoms with Crippen molar-refractivity contribution in [3.63, 3.8) is 0 Å². The zero-order valence-electron chi connectivity index (χ0n) is 15.7. The fourth-order valence-electron chi connectivity index (χ4n) is 2.37. The summed E-state index contributed by atoms with van der Waals surface area (Å²) in [4.78, 5) is 13.9. The molecule has 0 aliphatic heterocycles. The number of carbonyl (C=O) groups is 1. The molecule has 0 saturated carbocycles. The number of terminal acetylenes is 1. The molecule has 0 fully saturated rings. The summed E-state index contributed by atoms with van der Waals surface area (Å²) in [5.41, 5.74) is 4.48. The van der Waals surface area contributed by atoms with Gasteiger partial charge in [-0.1, -0.05) is 56.4 Å². The van der Waals surface area contributed by atoms with Crippen molar-refractivity contribution in [3.8, 4) is 12.3 Å². The minimum absolute atomic E-state index is 0.0512. The van der Waals surface area contributed by atoms with E-state index in [4.69, 9.17) is 6.42 Å². The highest BCUT2D eigenvalue weighted by Gasteiger charge is 2.16. The van der Waals surface area contributed by atoms with Gasteiger partial charge in [0.15, 0.2) is 0 Å². The Bertz CT molecular complexity index is 759. The van der Waals surface area contributed by atoms with E-state index in [2.05, 4.69) is 19.1 Å². The summed E-state index contributed by atoms with van der Waals surface area (Å²) in [6.07, 6.45) is 11.9. The molecule has 130 valence electrons. The van der Waals surface area contributed by atoms with Crippen LogP contribution in [0.4, 0.5) is 0 Å². The zero-order valence-corrected chi connectivity index (χ0v) is 15.7. The molecule has 1 rings (SSSR count). The normalized spacial score (nSPS) is 12.5. The summed E-state index contributed by atoms with van der Waals surface area (Å²) < 4.78 is 0. The lowest BCUT2D eigenvalue weighted by Crippen LogP contribution is -2.26. The Morgan fingerprint density at radius 3 is 2.64 bits per heavy atom. The van der Waals surface area contributed by atoms with Crippen molar-refractivity contribution >= 4 is 11.5 Å². The zero-order chi connectivity index (χ0) is 19.0. The summed E-state index contributed by atoms with van der Waals surface area (Å²) in [5.74, 6) is 2.76. The number of amides is 1. The minimum Gasteiger partial charge on any atom is -0.320 e. The molecule has 1 atom stereocenters. The van der Waals surface area contributed by atoms with E-state index in [0.717, 1.165) is 28.0 Å². The molecule has 0 aliphatic rings. The number of benzene rings is 1. The van der Waals surface area contributed by atoms with E-state index in [1.165, 1.54) is 0 Å². The van der Waals surface area contributed by atoms with Crippen LogP contribution in [-0.4, -0.2) is 17.9 Å². The summed E-state index contributed by atoms with van der Waals surface area (Å²) in [5, 5.41) is 0. The molecule has 1 amide bonds. The van der Waals surface area contributed by atoms with E-state index in [-0.39, 0.29) is 11.8 Å². The van der Waals surface area contributed by atoms with E-state index in [9.17, 15) is 4.79 Å². The number of rotatable bonds is 7.